The van der Waals surface area contributed by atoms with E-state index in [-0.39, 0.29) is 4.90 Å². The predicted molar refractivity (Wildman–Crippen MR) is 99.7 cm³/mol. The van der Waals surface area contributed by atoms with Crippen LogP contribution in [0.5, 0.6) is 0 Å². The van der Waals surface area contributed by atoms with Gasteiger partial charge in [0.15, 0.2) is 0 Å². The summed E-state index contributed by atoms with van der Waals surface area (Å²) in [5, 5.41) is 3.50. The Kier molecular flexibility index (Phi) is 5.27. The highest BCUT2D eigenvalue weighted by Crippen LogP contribution is 2.26. The number of alkyl carbamates (subject to hydrolysis) is 1. The maximum absolute atomic E-state index is 13.0. The normalized spacial score (nSPS) is 11.4. The Bertz CT molecular complexity index is 1010. The fraction of sp³-hybridized carbons (Fsp3) is 0.211. The third kappa shape index (κ3) is 3.57. The van der Waals surface area contributed by atoms with Crippen LogP contribution in [0.3, 0.4) is 0 Å². The molecule has 0 fully saturated rings. The minimum atomic E-state index is -3.69. The van der Waals surface area contributed by atoms with Crippen LogP contribution in [-0.4, -0.2) is 31.6 Å². The van der Waals surface area contributed by atoms with E-state index < -0.39 is 16.1 Å². The maximum atomic E-state index is 13.0. The molecule has 0 saturated heterocycles. The van der Waals surface area contributed by atoms with Gasteiger partial charge in [0.1, 0.15) is 0 Å². The molecule has 0 atom stereocenters. The number of aromatic nitrogens is 1. The van der Waals surface area contributed by atoms with Crippen LogP contribution in [0.15, 0.2) is 65.7 Å². The molecule has 6 nitrogen and oxygen atoms in total. The molecule has 3 aromatic rings. The zero-order valence-corrected chi connectivity index (χ0v) is 15.2. The molecule has 26 heavy (non-hydrogen) atoms. The molecule has 1 heterocycles. The molecule has 0 aliphatic carbocycles. The molecule has 0 aliphatic rings. The van der Waals surface area contributed by atoms with E-state index >= 15 is 0 Å². The Morgan fingerprint density at radius 3 is 2.50 bits per heavy atom. The van der Waals surface area contributed by atoms with Gasteiger partial charge in [-0.1, -0.05) is 36.4 Å². The summed E-state index contributed by atoms with van der Waals surface area (Å²) >= 11 is 0. The lowest BCUT2D eigenvalue weighted by Crippen LogP contribution is -2.26. The highest BCUT2D eigenvalue weighted by molar-refractivity contribution is 7.90. The summed E-state index contributed by atoms with van der Waals surface area (Å²) in [6, 6.07) is 15.6. The molecule has 136 valence electrons. The van der Waals surface area contributed by atoms with E-state index in [1.165, 1.54) is 3.97 Å². The molecule has 2 aromatic carbocycles. The standard InChI is InChI=1S/C19H20N2O4S/c1-2-25-19(22)20-13-12-15-14-21(18-11-7-6-10-17(15)18)26(23,24)16-8-4-3-5-9-16/h3-11,14H,2,12-13H2,1H3,(H,20,22). The van der Waals surface area contributed by atoms with Crippen molar-refractivity contribution in [3.05, 3.63) is 66.4 Å². The fourth-order valence-electron chi connectivity index (χ4n) is 2.80. The van der Waals surface area contributed by atoms with E-state index in [4.69, 9.17) is 4.74 Å². The molecule has 0 bridgehead atoms. The lowest BCUT2D eigenvalue weighted by molar-refractivity contribution is 0.152. The number of nitrogens with one attached hydrogen (secondary N) is 1. The Morgan fingerprint density at radius 1 is 1.08 bits per heavy atom. The number of nitrogens with zero attached hydrogens (tertiary/aromatic N) is 1. The van der Waals surface area contributed by atoms with Crippen LogP contribution in [0.4, 0.5) is 4.79 Å². The van der Waals surface area contributed by atoms with Crippen LogP contribution in [0, 0.1) is 0 Å². The van der Waals surface area contributed by atoms with Crippen molar-refractivity contribution >= 4 is 27.0 Å². The number of amides is 1. The highest BCUT2D eigenvalue weighted by Gasteiger charge is 2.20. The average molecular weight is 372 g/mol. The van der Waals surface area contributed by atoms with Crippen molar-refractivity contribution in [3.63, 3.8) is 0 Å². The van der Waals surface area contributed by atoms with Gasteiger partial charge < -0.3 is 10.1 Å². The number of ether oxygens (including phenoxy) is 1. The van der Waals surface area contributed by atoms with Crippen LogP contribution < -0.4 is 5.32 Å². The number of fused-ring (bicyclic) bond motifs is 1. The topological polar surface area (TPSA) is 77.4 Å². The van der Waals surface area contributed by atoms with Gasteiger partial charge in [0.2, 0.25) is 0 Å². The molecular weight excluding hydrogens is 352 g/mol. The number of carbonyl (C=O) groups is 1. The number of para-hydroxylation sites is 1. The molecular formula is C19H20N2O4S. The minimum absolute atomic E-state index is 0.233. The van der Waals surface area contributed by atoms with Gasteiger partial charge in [-0.2, -0.15) is 0 Å². The zero-order chi connectivity index (χ0) is 18.6. The van der Waals surface area contributed by atoms with E-state index in [2.05, 4.69) is 5.32 Å². The smallest absolute Gasteiger partial charge is 0.407 e. The second kappa shape index (κ2) is 7.61. The molecule has 0 aliphatic heterocycles. The summed E-state index contributed by atoms with van der Waals surface area (Å²) in [4.78, 5) is 11.6. The molecule has 0 unspecified atom stereocenters. The van der Waals surface area contributed by atoms with Gasteiger partial charge >= 0.3 is 6.09 Å². The van der Waals surface area contributed by atoms with Crippen LogP contribution >= 0.6 is 0 Å². The predicted octanol–water partition coefficient (Wildman–Crippen LogP) is 3.17. The van der Waals surface area contributed by atoms with Gasteiger partial charge in [-0.3, -0.25) is 0 Å². The first-order valence-electron chi connectivity index (χ1n) is 8.34. The first-order valence-corrected chi connectivity index (χ1v) is 9.78. The van der Waals surface area contributed by atoms with Crippen molar-refractivity contribution in [1.82, 2.24) is 9.29 Å². The first-order chi connectivity index (χ1) is 12.5. The third-order valence-electron chi connectivity index (χ3n) is 4.00. The second-order valence-electron chi connectivity index (χ2n) is 5.68. The lowest BCUT2D eigenvalue weighted by atomic mass is 10.1. The quantitative estimate of drug-likeness (QED) is 0.721. The Hall–Kier alpha value is -2.80. The van der Waals surface area contributed by atoms with Crippen LogP contribution in [-0.2, 0) is 21.2 Å². The fourth-order valence-corrected chi connectivity index (χ4v) is 4.22. The van der Waals surface area contributed by atoms with E-state index in [1.54, 1.807) is 55.6 Å². The number of benzene rings is 2. The SMILES string of the molecule is CCOC(=O)NCCc1cn(S(=O)(=O)c2ccccc2)c2ccccc12. The molecule has 1 aromatic heterocycles. The lowest BCUT2D eigenvalue weighted by Gasteiger charge is -2.07. The van der Waals surface area contributed by atoms with Crippen LogP contribution in [0.25, 0.3) is 10.9 Å². The number of hydrogen-bond donors (Lipinski definition) is 1. The van der Waals surface area contributed by atoms with Gasteiger partial charge in [-0.05, 0) is 37.1 Å². The average Bonchev–Trinajstić information content (AvgIpc) is 3.02. The maximum Gasteiger partial charge on any atom is 0.407 e. The Labute approximate surface area is 152 Å². The second-order valence-corrected chi connectivity index (χ2v) is 7.50. The van der Waals surface area contributed by atoms with Crippen molar-refractivity contribution in [3.8, 4) is 0 Å². The first kappa shape index (κ1) is 18.0. The number of rotatable bonds is 6. The summed E-state index contributed by atoms with van der Waals surface area (Å²) in [6.07, 6.45) is 1.64. The van der Waals surface area contributed by atoms with Gasteiger partial charge in [0.05, 0.1) is 17.0 Å². The van der Waals surface area contributed by atoms with E-state index in [9.17, 15) is 13.2 Å². The summed E-state index contributed by atoms with van der Waals surface area (Å²) in [7, 11) is -3.69. The molecule has 0 saturated carbocycles. The molecule has 1 amide bonds. The van der Waals surface area contributed by atoms with Crippen LogP contribution in [0.1, 0.15) is 12.5 Å². The number of hydrogen-bond acceptors (Lipinski definition) is 4. The summed E-state index contributed by atoms with van der Waals surface area (Å²) in [5.74, 6) is 0. The molecule has 7 heteroatoms. The van der Waals surface area contributed by atoms with E-state index in [0.717, 1.165) is 10.9 Å². The summed E-state index contributed by atoms with van der Waals surface area (Å²) < 4.78 is 32.1. The van der Waals surface area contributed by atoms with Gasteiger partial charge in [0, 0.05) is 18.1 Å². The van der Waals surface area contributed by atoms with Crippen molar-refractivity contribution < 1.29 is 17.9 Å². The van der Waals surface area contributed by atoms with Crippen molar-refractivity contribution in [2.45, 2.75) is 18.2 Å². The highest BCUT2D eigenvalue weighted by atomic mass is 32.2. The largest absolute Gasteiger partial charge is 0.450 e. The molecule has 1 N–H and O–H groups in total. The number of carbonyl (C=O) groups excluding carboxylic acids is 1. The molecule has 0 radical (unpaired) electrons. The van der Waals surface area contributed by atoms with Crippen molar-refractivity contribution in [1.29, 1.82) is 0 Å². The zero-order valence-electron chi connectivity index (χ0n) is 14.4. The van der Waals surface area contributed by atoms with E-state index in [1.807, 2.05) is 12.1 Å². The Balaban J connectivity index is 1.94. The van der Waals surface area contributed by atoms with E-state index in [0.29, 0.717) is 25.1 Å². The summed E-state index contributed by atoms with van der Waals surface area (Å²) in [6.45, 7) is 2.40. The molecule has 0 spiro atoms. The Morgan fingerprint density at radius 2 is 1.77 bits per heavy atom. The molecule has 3 rings (SSSR count). The van der Waals surface area contributed by atoms with Gasteiger partial charge in [-0.15, -0.1) is 0 Å². The van der Waals surface area contributed by atoms with Crippen LogP contribution in [0.2, 0.25) is 0 Å². The van der Waals surface area contributed by atoms with Gasteiger partial charge in [-0.25, -0.2) is 17.2 Å². The third-order valence-corrected chi connectivity index (χ3v) is 5.69. The summed E-state index contributed by atoms with van der Waals surface area (Å²) in [5.41, 5.74) is 1.46. The van der Waals surface area contributed by atoms with Crippen molar-refractivity contribution in [2.24, 2.45) is 0 Å². The van der Waals surface area contributed by atoms with Crippen molar-refractivity contribution in [2.75, 3.05) is 13.2 Å². The minimum Gasteiger partial charge on any atom is -0.450 e. The monoisotopic (exact) mass is 372 g/mol. The van der Waals surface area contributed by atoms with Gasteiger partial charge in [0.25, 0.3) is 10.0 Å².